The van der Waals surface area contributed by atoms with Gasteiger partial charge < -0.3 is 10.0 Å². The number of aryl methyl sites for hydroxylation is 1. The Balaban J connectivity index is 2.34. The van der Waals surface area contributed by atoms with Gasteiger partial charge in [-0.1, -0.05) is 12.1 Å². The predicted octanol–water partition coefficient (Wildman–Crippen LogP) is 1.98. The minimum Gasteiger partial charge on any atom is -0.481 e. The van der Waals surface area contributed by atoms with Crippen LogP contribution in [-0.2, 0) is 4.79 Å². The number of nitro benzene ring substituents is 1. The number of para-hydroxylation sites is 1. The van der Waals surface area contributed by atoms with Gasteiger partial charge in [0.1, 0.15) is 5.56 Å². The zero-order valence-corrected chi connectivity index (χ0v) is 11.6. The molecule has 7 heteroatoms. The number of benzene rings is 1. The SMILES string of the molecule is Cc1cccc(C(=O)N2CCCC2CC(=O)O)c1[N+](=O)[O-]. The van der Waals surface area contributed by atoms with Crippen LogP contribution >= 0.6 is 0 Å². The molecule has 1 saturated heterocycles. The molecule has 1 aromatic rings. The van der Waals surface area contributed by atoms with Crippen molar-refractivity contribution in [3.05, 3.63) is 39.4 Å². The first-order valence-electron chi connectivity index (χ1n) is 6.68. The highest BCUT2D eigenvalue weighted by atomic mass is 16.6. The lowest BCUT2D eigenvalue weighted by atomic mass is 10.1. The number of hydrogen-bond donors (Lipinski definition) is 1. The highest BCUT2D eigenvalue weighted by molar-refractivity contribution is 5.99. The second-order valence-corrected chi connectivity index (χ2v) is 5.12. The molecule has 1 amide bonds. The second kappa shape index (κ2) is 5.90. The maximum Gasteiger partial charge on any atom is 0.305 e. The quantitative estimate of drug-likeness (QED) is 0.675. The molecule has 21 heavy (non-hydrogen) atoms. The van der Waals surface area contributed by atoms with Gasteiger partial charge in [-0.05, 0) is 25.8 Å². The normalized spacial score (nSPS) is 17.8. The van der Waals surface area contributed by atoms with Gasteiger partial charge in [-0.3, -0.25) is 19.7 Å². The van der Waals surface area contributed by atoms with E-state index in [9.17, 15) is 19.7 Å². The summed E-state index contributed by atoms with van der Waals surface area (Å²) in [6.45, 7) is 2.01. The Hall–Kier alpha value is -2.44. The molecular formula is C14H16N2O5. The Kier molecular flexibility index (Phi) is 4.21. The molecule has 1 N–H and O–H groups in total. The molecule has 112 valence electrons. The fraction of sp³-hybridized carbons (Fsp3) is 0.429. The molecule has 1 aliphatic rings. The number of rotatable bonds is 4. The van der Waals surface area contributed by atoms with Crippen LogP contribution in [0.15, 0.2) is 18.2 Å². The summed E-state index contributed by atoms with van der Waals surface area (Å²) in [5.74, 6) is -1.44. The first kappa shape index (κ1) is 15.0. The van der Waals surface area contributed by atoms with Crippen molar-refractivity contribution in [1.29, 1.82) is 0 Å². The van der Waals surface area contributed by atoms with Gasteiger partial charge in [0.15, 0.2) is 0 Å². The Morgan fingerprint density at radius 3 is 2.81 bits per heavy atom. The van der Waals surface area contributed by atoms with E-state index in [4.69, 9.17) is 5.11 Å². The van der Waals surface area contributed by atoms with Crippen molar-refractivity contribution in [1.82, 2.24) is 4.90 Å². The fourth-order valence-corrected chi connectivity index (χ4v) is 2.75. The summed E-state index contributed by atoms with van der Waals surface area (Å²) in [7, 11) is 0. The molecule has 0 saturated carbocycles. The van der Waals surface area contributed by atoms with Crippen LogP contribution in [0.2, 0.25) is 0 Å². The summed E-state index contributed by atoms with van der Waals surface area (Å²) in [6.07, 6.45) is 1.19. The molecule has 1 atom stereocenters. The van der Waals surface area contributed by atoms with Gasteiger partial charge in [0.2, 0.25) is 0 Å². The lowest BCUT2D eigenvalue weighted by Gasteiger charge is -2.23. The van der Waals surface area contributed by atoms with Crippen molar-refractivity contribution in [3.63, 3.8) is 0 Å². The lowest BCUT2D eigenvalue weighted by molar-refractivity contribution is -0.385. The van der Waals surface area contributed by atoms with E-state index in [1.165, 1.54) is 11.0 Å². The third-order valence-electron chi connectivity index (χ3n) is 3.70. The number of carboxylic acid groups (broad SMARTS) is 1. The molecule has 1 aromatic carbocycles. The summed E-state index contributed by atoms with van der Waals surface area (Å²) in [5, 5.41) is 20.0. The highest BCUT2D eigenvalue weighted by Crippen LogP contribution is 2.28. The number of aliphatic carboxylic acids is 1. The minimum atomic E-state index is -0.974. The van der Waals surface area contributed by atoms with Crippen molar-refractivity contribution >= 4 is 17.6 Å². The second-order valence-electron chi connectivity index (χ2n) is 5.12. The summed E-state index contributed by atoms with van der Waals surface area (Å²) in [6, 6.07) is 4.20. The molecule has 0 radical (unpaired) electrons. The standard InChI is InChI=1S/C14H16N2O5/c1-9-4-2-6-11(13(9)16(20)21)14(19)15-7-3-5-10(15)8-12(17)18/h2,4,6,10H,3,5,7-8H2,1H3,(H,17,18). The third kappa shape index (κ3) is 3.01. The van der Waals surface area contributed by atoms with E-state index in [-0.39, 0.29) is 17.7 Å². The first-order chi connectivity index (χ1) is 9.91. The smallest absolute Gasteiger partial charge is 0.305 e. The highest BCUT2D eigenvalue weighted by Gasteiger charge is 2.34. The van der Waals surface area contributed by atoms with E-state index in [0.29, 0.717) is 24.9 Å². The van der Waals surface area contributed by atoms with E-state index in [1.807, 2.05) is 0 Å². The van der Waals surface area contributed by atoms with Crippen LogP contribution in [0.1, 0.15) is 35.2 Å². The van der Waals surface area contributed by atoms with Gasteiger partial charge >= 0.3 is 5.97 Å². The number of nitrogens with zero attached hydrogens (tertiary/aromatic N) is 2. The van der Waals surface area contributed by atoms with Crippen LogP contribution in [-0.4, -0.2) is 39.4 Å². The summed E-state index contributed by atoms with van der Waals surface area (Å²) in [5.41, 5.74) is 0.237. The molecule has 0 spiro atoms. The summed E-state index contributed by atoms with van der Waals surface area (Å²) < 4.78 is 0. The molecular weight excluding hydrogens is 276 g/mol. The third-order valence-corrected chi connectivity index (χ3v) is 3.70. The zero-order chi connectivity index (χ0) is 15.6. The van der Waals surface area contributed by atoms with E-state index < -0.39 is 22.8 Å². The van der Waals surface area contributed by atoms with Crippen LogP contribution < -0.4 is 0 Å². The zero-order valence-electron chi connectivity index (χ0n) is 11.6. The van der Waals surface area contributed by atoms with Crippen molar-refractivity contribution in [2.75, 3.05) is 6.54 Å². The van der Waals surface area contributed by atoms with E-state index >= 15 is 0 Å². The number of hydrogen-bond acceptors (Lipinski definition) is 4. The molecule has 0 bridgehead atoms. The fourth-order valence-electron chi connectivity index (χ4n) is 2.75. The summed E-state index contributed by atoms with van der Waals surface area (Å²) in [4.78, 5) is 35.4. The van der Waals surface area contributed by atoms with Gasteiger partial charge in [0.25, 0.3) is 11.6 Å². The van der Waals surface area contributed by atoms with E-state index in [2.05, 4.69) is 0 Å². The van der Waals surface area contributed by atoms with Gasteiger partial charge in [-0.25, -0.2) is 0 Å². The number of carbonyl (C=O) groups excluding carboxylic acids is 1. The van der Waals surface area contributed by atoms with Crippen molar-refractivity contribution in [2.45, 2.75) is 32.2 Å². The molecule has 0 aliphatic carbocycles. The molecule has 7 nitrogen and oxygen atoms in total. The Morgan fingerprint density at radius 1 is 1.48 bits per heavy atom. The van der Waals surface area contributed by atoms with Gasteiger partial charge in [-0.2, -0.15) is 0 Å². The number of carboxylic acids is 1. The first-order valence-corrected chi connectivity index (χ1v) is 6.68. The molecule has 0 aromatic heterocycles. The monoisotopic (exact) mass is 292 g/mol. The maximum absolute atomic E-state index is 12.5. The molecule has 1 heterocycles. The predicted molar refractivity (Wildman–Crippen MR) is 74.1 cm³/mol. The van der Waals surface area contributed by atoms with E-state index in [0.717, 1.165) is 0 Å². The Labute approximate surface area is 121 Å². The van der Waals surface area contributed by atoms with Crippen molar-refractivity contribution < 1.29 is 19.6 Å². The van der Waals surface area contributed by atoms with Gasteiger partial charge in [-0.15, -0.1) is 0 Å². The summed E-state index contributed by atoms with van der Waals surface area (Å²) >= 11 is 0. The number of amides is 1. The maximum atomic E-state index is 12.5. The Morgan fingerprint density at radius 2 is 2.19 bits per heavy atom. The average Bonchev–Trinajstić information content (AvgIpc) is 2.84. The molecule has 1 unspecified atom stereocenters. The number of carbonyl (C=O) groups is 2. The lowest BCUT2D eigenvalue weighted by Crippen LogP contribution is -2.37. The molecule has 1 aliphatic heterocycles. The number of nitro groups is 1. The van der Waals surface area contributed by atoms with Crippen LogP contribution in [0.3, 0.4) is 0 Å². The van der Waals surface area contributed by atoms with Gasteiger partial charge in [0, 0.05) is 18.2 Å². The van der Waals surface area contributed by atoms with Gasteiger partial charge in [0.05, 0.1) is 11.3 Å². The topological polar surface area (TPSA) is 101 Å². The van der Waals surface area contributed by atoms with Crippen LogP contribution in [0.25, 0.3) is 0 Å². The average molecular weight is 292 g/mol. The van der Waals surface area contributed by atoms with Crippen LogP contribution in [0.4, 0.5) is 5.69 Å². The molecule has 1 fully saturated rings. The largest absolute Gasteiger partial charge is 0.481 e. The van der Waals surface area contributed by atoms with E-state index in [1.54, 1.807) is 19.1 Å². The van der Waals surface area contributed by atoms with Crippen molar-refractivity contribution in [3.8, 4) is 0 Å². The number of likely N-dealkylation sites (tertiary alicyclic amines) is 1. The van der Waals surface area contributed by atoms with Crippen LogP contribution in [0, 0.1) is 17.0 Å². The van der Waals surface area contributed by atoms with Crippen LogP contribution in [0.5, 0.6) is 0 Å². The Bertz CT molecular complexity index is 599. The minimum absolute atomic E-state index is 0.0253. The van der Waals surface area contributed by atoms with Crippen molar-refractivity contribution in [2.24, 2.45) is 0 Å². The molecule has 2 rings (SSSR count).